The number of nitrogen functional groups attached to an aromatic ring is 2. The smallest absolute Gasteiger partial charge is 0.208 e. The van der Waals surface area contributed by atoms with E-state index in [0.29, 0.717) is 38.9 Å². The van der Waals surface area contributed by atoms with Gasteiger partial charge in [0.1, 0.15) is 34.8 Å². The number of nitrogens with two attached hydrogens (primary N) is 2. The predicted octanol–water partition coefficient (Wildman–Crippen LogP) is 3.08. The van der Waals surface area contributed by atoms with E-state index in [0.717, 1.165) is 29.7 Å². The van der Waals surface area contributed by atoms with E-state index in [4.69, 9.17) is 21.2 Å². The van der Waals surface area contributed by atoms with Crippen molar-refractivity contribution in [2.45, 2.75) is 30.7 Å². The van der Waals surface area contributed by atoms with Gasteiger partial charge in [-0.25, -0.2) is 32.5 Å². The van der Waals surface area contributed by atoms with E-state index in [-0.39, 0.29) is 13.2 Å². The minimum Gasteiger partial charge on any atom is -0.492 e. The number of nitrogens with one attached hydrogen (secondary N) is 1. The van der Waals surface area contributed by atoms with E-state index in [1.807, 2.05) is 0 Å². The summed E-state index contributed by atoms with van der Waals surface area (Å²) in [6, 6.07) is 5.84. The molecule has 0 atom stereocenters. The quantitative estimate of drug-likeness (QED) is 0.200. The second-order valence-electron chi connectivity index (χ2n) is 7.12. The second kappa shape index (κ2) is 11.1. The summed E-state index contributed by atoms with van der Waals surface area (Å²) < 4.78 is 44.4. The third-order valence-electron chi connectivity index (χ3n) is 4.19. The van der Waals surface area contributed by atoms with Crippen LogP contribution in [0, 0.1) is 5.82 Å². The topological polar surface area (TPSA) is 146 Å². The molecule has 2 heterocycles. The lowest BCUT2D eigenvalue weighted by atomic mass is 10.2. The van der Waals surface area contributed by atoms with Crippen molar-refractivity contribution in [3.63, 3.8) is 0 Å². The summed E-state index contributed by atoms with van der Waals surface area (Å²) in [6.45, 7) is 2.23. The highest BCUT2D eigenvalue weighted by atomic mass is 32.2. The van der Waals surface area contributed by atoms with Gasteiger partial charge in [-0.05, 0) is 18.6 Å². The summed E-state index contributed by atoms with van der Waals surface area (Å²) in [4.78, 5) is 14.2. The van der Waals surface area contributed by atoms with Crippen molar-refractivity contribution in [3.05, 3.63) is 40.7 Å². The minimum absolute atomic E-state index is 0.0696. The molecule has 0 fully saturated rings. The first-order chi connectivity index (χ1) is 15.6. The minimum atomic E-state index is -3.31. The van der Waals surface area contributed by atoms with Crippen LogP contribution in [-0.2, 0) is 22.2 Å². The molecular weight excluding hydrogens is 487 g/mol. The van der Waals surface area contributed by atoms with Crippen LogP contribution in [0.4, 0.5) is 16.0 Å². The Balaban J connectivity index is 1.77. The van der Waals surface area contributed by atoms with Crippen LogP contribution in [0.2, 0.25) is 0 Å². The summed E-state index contributed by atoms with van der Waals surface area (Å²) in [5.74, 6) is 0.955. The van der Waals surface area contributed by atoms with Crippen molar-refractivity contribution in [2.75, 3.05) is 30.9 Å². The Morgan fingerprint density at radius 2 is 1.88 bits per heavy atom. The second-order valence-corrected chi connectivity index (χ2v) is 11.0. The van der Waals surface area contributed by atoms with E-state index >= 15 is 0 Å². The summed E-state index contributed by atoms with van der Waals surface area (Å²) in [6.07, 6.45) is 2.84. The Kier molecular flexibility index (Phi) is 8.46. The molecule has 0 spiro atoms. The van der Waals surface area contributed by atoms with Gasteiger partial charge in [0.15, 0.2) is 5.16 Å². The fourth-order valence-electron chi connectivity index (χ4n) is 2.87. The molecule has 0 unspecified atom stereocenters. The third kappa shape index (κ3) is 7.81. The molecule has 0 bridgehead atoms. The van der Waals surface area contributed by atoms with Crippen LogP contribution in [0.15, 0.2) is 29.4 Å². The lowest BCUT2D eigenvalue weighted by Crippen LogP contribution is -2.26. The number of aromatic nitrogens is 3. The zero-order valence-corrected chi connectivity index (χ0v) is 20.6. The number of benzene rings is 1. The summed E-state index contributed by atoms with van der Waals surface area (Å²) in [7, 11) is -3.31. The average Bonchev–Trinajstić information content (AvgIpc) is 3.11. The molecule has 0 amide bonds. The van der Waals surface area contributed by atoms with E-state index in [9.17, 15) is 12.8 Å². The highest BCUT2D eigenvalue weighted by Crippen LogP contribution is 2.34. The number of nitrogens with zero attached hydrogens (tertiary/aromatic N) is 3. The largest absolute Gasteiger partial charge is 0.492 e. The lowest BCUT2D eigenvalue weighted by Gasteiger charge is -2.08. The van der Waals surface area contributed by atoms with E-state index in [1.165, 1.54) is 41.3 Å². The lowest BCUT2D eigenvalue weighted by molar-refractivity contribution is 0.321. The number of ether oxygens (including phenoxy) is 1. The first-order valence-electron chi connectivity index (χ1n) is 10.0. The van der Waals surface area contributed by atoms with Crippen LogP contribution < -0.4 is 20.9 Å². The van der Waals surface area contributed by atoms with Gasteiger partial charge in [0.05, 0.1) is 11.9 Å². The Labute approximate surface area is 200 Å². The van der Waals surface area contributed by atoms with E-state index in [2.05, 4.69) is 21.6 Å². The summed E-state index contributed by atoms with van der Waals surface area (Å²) in [5.41, 5.74) is 12.9. The van der Waals surface area contributed by atoms with Crippen molar-refractivity contribution in [1.82, 2.24) is 19.7 Å². The number of sulfonamides is 1. The first kappa shape index (κ1) is 25.1. The molecule has 9 nitrogen and oxygen atoms in total. The molecule has 2 aromatic heterocycles. The SMILES string of the molecule is CCCc1sc(-c2cc(F)cc(OCCNS(C)(=O)=O)c2)nc1CSc1nc(N)cc(N)n1. The van der Waals surface area contributed by atoms with Gasteiger partial charge in [0, 0.05) is 34.9 Å². The number of halogens is 1. The van der Waals surface area contributed by atoms with Gasteiger partial charge >= 0.3 is 0 Å². The van der Waals surface area contributed by atoms with Crippen LogP contribution in [0.25, 0.3) is 10.6 Å². The molecule has 3 rings (SSSR count). The highest BCUT2D eigenvalue weighted by Gasteiger charge is 2.15. The third-order valence-corrected chi connectivity index (χ3v) is 6.99. The average molecular weight is 513 g/mol. The van der Waals surface area contributed by atoms with Gasteiger partial charge < -0.3 is 16.2 Å². The van der Waals surface area contributed by atoms with Gasteiger partial charge in [-0.15, -0.1) is 11.3 Å². The molecule has 0 saturated carbocycles. The first-order valence-corrected chi connectivity index (χ1v) is 13.7. The number of anilines is 2. The van der Waals surface area contributed by atoms with Crippen molar-refractivity contribution in [2.24, 2.45) is 0 Å². The normalized spacial score (nSPS) is 11.6. The number of hydrogen-bond donors (Lipinski definition) is 3. The van der Waals surface area contributed by atoms with Crippen molar-refractivity contribution < 1.29 is 17.5 Å². The zero-order valence-electron chi connectivity index (χ0n) is 18.2. The van der Waals surface area contributed by atoms with E-state index < -0.39 is 15.8 Å². The van der Waals surface area contributed by atoms with Crippen LogP contribution in [0.5, 0.6) is 5.75 Å². The molecule has 5 N–H and O–H groups in total. The molecule has 0 aliphatic rings. The van der Waals surface area contributed by atoms with Crippen molar-refractivity contribution >= 4 is 44.8 Å². The number of aryl methyl sites for hydroxylation is 1. The molecule has 0 saturated heterocycles. The van der Waals surface area contributed by atoms with Gasteiger partial charge in [-0.2, -0.15) is 0 Å². The number of hydrogen-bond acceptors (Lipinski definition) is 10. The molecule has 33 heavy (non-hydrogen) atoms. The number of rotatable bonds is 11. The monoisotopic (exact) mass is 512 g/mol. The van der Waals surface area contributed by atoms with Crippen LogP contribution in [-0.4, -0.2) is 42.8 Å². The van der Waals surface area contributed by atoms with Gasteiger partial charge in [0.25, 0.3) is 0 Å². The molecule has 1 aromatic carbocycles. The number of thioether (sulfide) groups is 1. The van der Waals surface area contributed by atoms with Crippen LogP contribution in [0.1, 0.15) is 23.9 Å². The molecule has 13 heteroatoms. The van der Waals surface area contributed by atoms with E-state index in [1.54, 1.807) is 6.07 Å². The van der Waals surface area contributed by atoms with Gasteiger partial charge in [-0.3, -0.25) is 0 Å². The van der Waals surface area contributed by atoms with Crippen LogP contribution >= 0.6 is 23.1 Å². The maximum Gasteiger partial charge on any atom is 0.208 e. The molecule has 178 valence electrons. The molecule has 0 aliphatic carbocycles. The Morgan fingerprint density at radius 1 is 1.15 bits per heavy atom. The molecule has 0 aliphatic heterocycles. The zero-order chi connectivity index (χ0) is 24.0. The van der Waals surface area contributed by atoms with Crippen LogP contribution in [0.3, 0.4) is 0 Å². The van der Waals surface area contributed by atoms with Crippen molar-refractivity contribution in [3.8, 4) is 16.3 Å². The predicted molar refractivity (Wildman–Crippen MR) is 130 cm³/mol. The Hall–Kier alpha value is -2.48. The fraction of sp³-hybridized carbons (Fsp3) is 0.350. The maximum atomic E-state index is 14.3. The Bertz CT molecular complexity index is 1200. The summed E-state index contributed by atoms with van der Waals surface area (Å²) >= 11 is 2.88. The maximum absolute atomic E-state index is 14.3. The van der Waals surface area contributed by atoms with Gasteiger partial charge in [-0.1, -0.05) is 25.1 Å². The number of thiazole rings is 1. The Morgan fingerprint density at radius 3 is 2.55 bits per heavy atom. The standard InChI is InChI=1S/C20H25FN6O3S3/c1-3-4-16-15(11-31-20-26-17(22)10-18(23)27-20)25-19(32-16)12-7-13(21)9-14(8-12)30-6-5-24-33(2,28)29/h7-10,24H,3-6,11H2,1-2H3,(H4,22,23,26,27). The fourth-order valence-corrected chi connectivity index (χ4v) is 5.42. The van der Waals surface area contributed by atoms with Gasteiger partial charge in [0.2, 0.25) is 10.0 Å². The molecule has 0 radical (unpaired) electrons. The summed E-state index contributed by atoms with van der Waals surface area (Å²) in [5, 5.41) is 1.13. The molecular formula is C20H25FN6O3S3. The van der Waals surface area contributed by atoms with Crippen molar-refractivity contribution in [1.29, 1.82) is 0 Å². The molecule has 3 aromatic rings. The highest BCUT2D eigenvalue weighted by molar-refractivity contribution is 7.98.